The van der Waals surface area contributed by atoms with Gasteiger partial charge in [-0.1, -0.05) is 6.07 Å². The van der Waals surface area contributed by atoms with Crippen LogP contribution in [0.3, 0.4) is 0 Å². The van der Waals surface area contributed by atoms with Crippen molar-refractivity contribution in [2.24, 2.45) is 10.8 Å². The van der Waals surface area contributed by atoms with Crippen LogP contribution < -0.4 is 4.90 Å². The number of aromatic nitrogens is 2. The summed E-state index contributed by atoms with van der Waals surface area (Å²) in [7, 11) is 0. The number of anilines is 1. The quantitative estimate of drug-likeness (QED) is 0.639. The van der Waals surface area contributed by atoms with Crippen LogP contribution in [0.15, 0.2) is 36.0 Å². The third kappa shape index (κ3) is 5.00. The van der Waals surface area contributed by atoms with Crippen molar-refractivity contribution in [1.29, 1.82) is 0 Å². The molecule has 2 aromatic rings. The highest BCUT2D eigenvalue weighted by Gasteiger charge is 2.65. The lowest BCUT2D eigenvalue weighted by molar-refractivity contribution is -0.192. The van der Waals surface area contributed by atoms with Crippen molar-refractivity contribution in [3.8, 4) is 0 Å². The minimum Gasteiger partial charge on any atom is -0.475 e. The molecule has 2 spiro atoms. The number of thiophene rings is 1. The Hall–Kier alpha value is -3.22. The van der Waals surface area contributed by atoms with E-state index in [1.807, 2.05) is 33.4 Å². The SMILES string of the molecule is CCN1CCC2(CN(c3ncccn3)CC23CCN(C(=O)c2cccs2)CC3)C1=O.O=C(O)C(F)(F)F. The first-order chi connectivity index (χ1) is 17.5. The van der Waals surface area contributed by atoms with Crippen LogP contribution >= 0.6 is 11.3 Å². The molecule has 3 aliphatic rings. The van der Waals surface area contributed by atoms with Crippen molar-refractivity contribution in [3.05, 3.63) is 40.8 Å². The molecule has 5 rings (SSSR count). The summed E-state index contributed by atoms with van der Waals surface area (Å²) in [6, 6.07) is 5.63. The highest BCUT2D eigenvalue weighted by molar-refractivity contribution is 7.12. The fourth-order valence-electron chi connectivity index (χ4n) is 5.77. The Morgan fingerprint density at radius 3 is 2.24 bits per heavy atom. The van der Waals surface area contributed by atoms with Crippen LogP contribution in [0, 0.1) is 10.8 Å². The molecule has 13 heteroatoms. The highest BCUT2D eigenvalue weighted by Crippen LogP contribution is 2.58. The Morgan fingerprint density at radius 2 is 1.73 bits per heavy atom. The molecule has 0 bridgehead atoms. The number of carbonyl (C=O) groups is 3. The number of nitrogens with zero attached hydrogens (tertiary/aromatic N) is 5. The van der Waals surface area contributed by atoms with E-state index in [4.69, 9.17) is 9.90 Å². The number of halogens is 3. The van der Waals surface area contributed by atoms with Crippen molar-refractivity contribution < 1.29 is 32.7 Å². The molecule has 3 fully saturated rings. The maximum Gasteiger partial charge on any atom is 0.490 e. The fraction of sp³-hybridized carbons (Fsp3) is 0.542. The van der Waals surface area contributed by atoms with E-state index in [-0.39, 0.29) is 17.2 Å². The molecule has 37 heavy (non-hydrogen) atoms. The maximum atomic E-state index is 13.6. The van der Waals surface area contributed by atoms with Crippen molar-refractivity contribution in [2.45, 2.75) is 32.4 Å². The van der Waals surface area contributed by atoms with Gasteiger partial charge < -0.3 is 19.8 Å². The highest BCUT2D eigenvalue weighted by atomic mass is 32.1. The lowest BCUT2D eigenvalue weighted by Gasteiger charge is -2.46. The second-order valence-corrected chi connectivity index (χ2v) is 10.4. The van der Waals surface area contributed by atoms with Gasteiger partial charge in [-0.3, -0.25) is 9.59 Å². The van der Waals surface area contributed by atoms with Crippen LogP contribution in [0.1, 0.15) is 35.9 Å². The monoisotopic (exact) mass is 539 g/mol. The molecule has 5 heterocycles. The van der Waals surface area contributed by atoms with Crippen molar-refractivity contribution in [2.75, 3.05) is 44.2 Å². The molecule has 3 saturated heterocycles. The molecule has 1 N–H and O–H groups in total. The first-order valence-electron chi connectivity index (χ1n) is 12.0. The Kier molecular flexibility index (Phi) is 7.45. The molecule has 0 radical (unpaired) electrons. The van der Waals surface area contributed by atoms with E-state index < -0.39 is 17.6 Å². The number of carboxylic acids is 1. The normalized spacial score (nSPS) is 22.9. The molecular formula is C24H28F3N5O4S. The van der Waals surface area contributed by atoms with Gasteiger partial charge in [-0.15, -0.1) is 11.3 Å². The van der Waals surface area contributed by atoms with Crippen molar-refractivity contribution in [1.82, 2.24) is 19.8 Å². The van der Waals surface area contributed by atoms with Crippen LogP contribution in [-0.4, -0.2) is 88.1 Å². The zero-order chi connectivity index (χ0) is 26.8. The summed E-state index contributed by atoms with van der Waals surface area (Å²) >= 11 is 1.49. The minimum absolute atomic E-state index is 0.114. The summed E-state index contributed by atoms with van der Waals surface area (Å²) < 4.78 is 31.7. The molecule has 2 amide bonds. The van der Waals surface area contributed by atoms with Gasteiger partial charge in [0, 0.05) is 57.1 Å². The zero-order valence-electron chi connectivity index (χ0n) is 20.3. The Balaban J connectivity index is 0.000000405. The standard InChI is InChI=1S/C22H27N5O2S.C2HF3O2/c1-2-25-13-8-22(19(25)29)16-27(20-23-9-4-10-24-20)15-21(22)6-11-26(12-7-21)18(28)17-5-3-14-30-17;3-2(4,5)1(6)7/h3-5,9-10,14H,2,6-8,11-13,15-16H2,1H3;(H,6,7). The summed E-state index contributed by atoms with van der Waals surface area (Å²) in [5.41, 5.74) is -0.542. The molecule has 1 unspecified atom stereocenters. The predicted octanol–water partition coefficient (Wildman–Crippen LogP) is 3.15. The summed E-state index contributed by atoms with van der Waals surface area (Å²) in [6.07, 6.45) is 1.00. The number of amides is 2. The molecule has 0 aliphatic carbocycles. The number of carbonyl (C=O) groups excluding carboxylic acids is 2. The molecule has 2 aromatic heterocycles. The number of hydrogen-bond acceptors (Lipinski definition) is 7. The summed E-state index contributed by atoms with van der Waals surface area (Å²) in [4.78, 5) is 51.2. The zero-order valence-corrected chi connectivity index (χ0v) is 21.1. The molecule has 200 valence electrons. The van der Waals surface area contributed by atoms with Gasteiger partial charge in [0.1, 0.15) is 0 Å². The lowest BCUT2D eigenvalue weighted by Crippen LogP contribution is -2.53. The smallest absolute Gasteiger partial charge is 0.475 e. The number of likely N-dealkylation sites (tertiary alicyclic amines) is 2. The second kappa shape index (κ2) is 10.3. The van der Waals surface area contributed by atoms with E-state index in [1.165, 1.54) is 11.3 Å². The van der Waals surface area contributed by atoms with Crippen molar-refractivity contribution >= 4 is 35.1 Å². The van der Waals surface area contributed by atoms with E-state index in [0.29, 0.717) is 25.6 Å². The van der Waals surface area contributed by atoms with Gasteiger partial charge in [0.2, 0.25) is 11.9 Å². The molecular weight excluding hydrogens is 511 g/mol. The van der Waals surface area contributed by atoms with Gasteiger partial charge >= 0.3 is 12.1 Å². The fourth-order valence-corrected chi connectivity index (χ4v) is 6.46. The van der Waals surface area contributed by atoms with Gasteiger partial charge in [-0.25, -0.2) is 14.8 Å². The van der Waals surface area contributed by atoms with Crippen LogP contribution in [0.5, 0.6) is 0 Å². The Morgan fingerprint density at radius 1 is 1.08 bits per heavy atom. The molecule has 3 aliphatic heterocycles. The molecule has 1 atom stereocenters. The van der Waals surface area contributed by atoms with E-state index in [0.717, 1.165) is 43.8 Å². The maximum absolute atomic E-state index is 13.6. The number of aliphatic carboxylic acids is 1. The third-order valence-corrected chi connectivity index (χ3v) is 8.53. The first kappa shape index (κ1) is 26.8. The topological polar surface area (TPSA) is 107 Å². The van der Waals surface area contributed by atoms with Gasteiger partial charge in [0.05, 0.1) is 10.3 Å². The van der Waals surface area contributed by atoms with Gasteiger partial charge in [0.15, 0.2) is 0 Å². The Labute approximate surface area is 215 Å². The third-order valence-electron chi connectivity index (χ3n) is 7.67. The van der Waals surface area contributed by atoms with E-state index in [9.17, 15) is 22.8 Å². The average Bonchev–Trinajstić information content (AvgIpc) is 3.60. The number of hydrogen-bond donors (Lipinski definition) is 1. The molecule has 9 nitrogen and oxygen atoms in total. The minimum atomic E-state index is -5.08. The van der Waals surface area contributed by atoms with E-state index >= 15 is 0 Å². The summed E-state index contributed by atoms with van der Waals surface area (Å²) in [5.74, 6) is -1.66. The number of alkyl halides is 3. The predicted molar refractivity (Wildman–Crippen MR) is 129 cm³/mol. The first-order valence-corrected chi connectivity index (χ1v) is 12.9. The van der Waals surface area contributed by atoms with Crippen LogP contribution in [0.2, 0.25) is 0 Å². The second-order valence-electron chi connectivity index (χ2n) is 9.47. The number of carboxylic acid groups (broad SMARTS) is 1. The molecule has 0 aromatic carbocycles. The van der Waals surface area contributed by atoms with E-state index in [2.05, 4.69) is 21.8 Å². The number of rotatable bonds is 3. The largest absolute Gasteiger partial charge is 0.490 e. The summed E-state index contributed by atoms with van der Waals surface area (Å²) in [6.45, 7) is 6.47. The average molecular weight is 540 g/mol. The number of fused-ring (bicyclic) bond motifs is 1. The summed E-state index contributed by atoms with van der Waals surface area (Å²) in [5, 5.41) is 9.07. The molecule has 0 saturated carbocycles. The van der Waals surface area contributed by atoms with Gasteiger partial charge in [0.25, 0.3) is 5.91 Å². The van der Waals surface area contributed by atoms with Crippen molar-refractivity contribution in [3.63, 3.8) is 0 Å². The van der Waals surface area contributed by atoms with Gasteiger partial charge in [-0.05, 0) is 43.7 Å². The van der Waals surface area contributed by atoms with Crippen LogP contribution in [0.4, 0.5) is 19.1 Å². The van der Waals surface area contributed by atoms with Gasteiger partial charge in [-0.2, -0.15) is 13.2 Å². The lowest BCUT2D eigenvalue weighted by atomic mass is 9.60. The number of piperidine rings is 1. The Bertz CT molecular complexity index is 1120. The van der Waals surface area contributed by atoms with E-state index in [1.54, 1.807) is 12.4 Å². The van der Waals surface area contributed by atoms with Crippen LogP contribution in [0.25, 0.3) is 0 Å². The van der Waals surface area contributed by atoms with Crippen LogP contribution in [-0.2, 0) is 9.59 Å².